The molecule has 2 aliphatic rings. The molecule has 1 heterocycles. The van der Waals surface area contributed by atoms with E-state index in [0.29, 0.717) is 31.1 Å². The molecule has 1 aliphatic heterocycles. The molecule has 2 aromatic rings. The Morgan fingerprint density at radius 1 is 1.15 bits per heavy atom. The summed E-state index contributed by atoms with van der Waals surface area (Å²) < 4.78 is 33.5. The number of amides is 1. The van der Waals surface area contributed by atoms with Crippen molar-refractivity contribution in [2.45, 2.75) is 50.0 Å². The van der Waals surface area contributed by atoms with Crippen molar-refractivity contribution in [2.75, 3.05) is 38.6 Å². The summed E-state index contributed by atoms with van der Waals surface area (Å²) in [5.41, 5.74) is 3.10. The molecule has 178 valence electrons. The number of benzene rings is 2. The molecule has 8 heteroatoms. The number of hydrogen-bond donors (Lipinski definition) is 1. The Morgan fingerprint density at radius 3 is 2.67 bits per heavy atom. The van der Waals surface area contributed by atoms with E-state index in [1.807, 2.05) is 20.0 Å². The summed E-state index contributed by atoms with van der Waals surface area (Å²) in [6.07, 6.45) is 4.91. The lowest BCUT2D eigenvalue weighted by molar-refractivity contribution is -0.117. The minimum absolute atomic E-state index is 0.110. The van der Waals surface area contributed by atoms with Gasteiger partial charge in [-0.15, -0.1) is 0 Å². The van der Waals surface area contributed by atoms with Gasteiger partial charge in [-0.3, -0.25) is 9.69 Å². The number of hydrogen-bond acceptors (Lipinski definition) is 5. The normalized spacial score (nSPS) is 18.8. The zero-order valence-corrected chi connectivity index (χ0v) is 20.2. The van der Waals surface area contributed by atoms with Crippen LogP contribution in [-0.4, -0.2) is 56.8 Å². The first-order valence-electron chi connectivity index (χ1n) is 11.7. The monoisotopic (exact) mass is 471 g/mol. The maximum Gasteiger partial charge on any atom is 0.246 e. The molecule has 1 atom stereocenters. The van der Waals surface area contributed by atoms with Crippen molar-refractivity contribution in [3.05, 3.63) is 53.6 Å². The second-order valence-corrected chi connectivity index (χ2v) is 10.7. The molecule has 0 aromatic heterocycles. The summed E-state index contributed by atoms with van der Waals surface area (Å²) in [4.78, 5) is 15.0. The van der Waals surface area contributed by atoms with Gasteiger partial charge in [0.05, 0.1) is 13.2 Å². The molecule has 1 fully saturated rings. The Kier molecular flexibility index (Phi) is 7.36. The summed E-state index contributed by atoms with van der Waals surface area (Å²) in [6.45, 7) is 3.43. The standard InChI is InChI=1S/C25H33N3O4S/c1-3-32-23-14-13-20(17-24(23)33(30,31)28-15-6-7-16-28)26-25(29)18-27(2)22-12-8-10-19-9-4-5-11-21(19)22/h4-5,9,11,13-14,17,22H,3,6-8,10,12,15-16,18H2,1-2H3,(H,26,29)/t22-/m0/s1. The van der Waals surface area contributed by atoms with Crippen LogP contribution in [0.25, 0.3) is 0 Å². The first kappa shape index (κ1) is 23.7. The number of carbonyl (C=O) groups is 1. The highest BCUT2D eigenvalue weighted by Crippen LogP contribution is 2.34. The van der Waals surface area contributed by atoms with Gasteiger partial charge in [0.2, 0.25) is 15.9 Å². The van der Waals surface area contributed by atoms with E-state index >= 15 is 0 Å². The van der Waals surface area contributed by atoms with E-state index in [0.717, 1.165) is 32.1 Å². The molecular formula is C25H33N3O4S. The van der Waals surface area contributed by atoms with Crippen LogP contribution in [0.15, 0.2) is 47.4 Å². The van der Waals surface area contributed by atoms with Crippen molar-refractivity contribution >= 4 is 21.6 Å². The van der Waals surface area contributed by atoms with Gasteiger partial charge in [0.15, 0.2) is 0 Å². The molecule has 0 spiro atoms. The van der Waals surface area contributed by atoms with Crippen LogP contribution in [0, 0.1) is 0 Å². The zero-order chi connectivity index (χ0) is 23.4. The molecule has 1 saturated heterocycles. The highest BCUT2D eigenvalue weighted by Gasteiger charge is 2.31. The lowest BCUT2D eigenvalue weighted by Gasteiger charge is -2.32. The largest absolute Gasteiger partial charge is 0.492 e. The Bertz CT molecular complexity index is 1100. The highest BCUT2D eigenvalue weighted by molar-refractivity contribution is 7.89. The first-order valence-corrected chi connectivity index (χ1v) is 13.2. The van der Waals surface area contributed by atoms with Crippen molar-refractivity contribution in [1.29, 1.82) is 0 Å². The van der Waals surface area contributed by atoms with Crippen LogP contribution in [0.5, 0.6) is 5.75 Å². The number of nitrogens with one attached hydrogen (secondary N) is 1. The van der Waals surface area contributed by atoms with Crippen LogP contribution in [0.1, 0.15) is 49.8 Å². The summed E-state index contributed by atoms with van der Waals surface area (Å²) in [5.74, 6) is 0.146. The van der Waals surface area contributed by atoms with Crippen LogP contribution in [-0.2, 0) is 21.2 Å². The predicted molar refractivity (Wildman–Crippen MR) is 129 cm³/mol. The van der Waals surface area contributed by atoms with Crippen LogP contribution in [0.4, 0.5) is 5.69 Å². The van der Waals surface area contributed by atoms with E-state index in [-0.39, 0.29) is 23.4 Å². The molecule has 4 rings (SSSR count). The molecule has 1 aliphatic carbocycles. The Balaban J connectivity index is 1.49. The van der Waals surface area contributed by atoms with Gasteiger partial charge in [-0.2, -0.15) is 4.31 Å². The SMILES string of the molecule is CCOc1ccc(NC(=O)CN(C)[C@H]2CCCc3ccccc32)cc1S(=O)(=O)N1CCCC1. The number of anilines is 1. The summed E-state index contributed by atoms with van der Waals surface area (Å²) in [6, 6.07) is 13.5. The van der Waals surface area contributed by atoms with Crippen molar-refractivity contribution in [3.63, 3.8) is 0 Å². The number of carbonyl (C=O) groups excluding carboxylic acids is 1. The van der Waals surface area contributed by atoms with Crippen LogP contribution >= 0.6 is 0 Å². The van der Waals surface area contributed by atoms with E-state index in [1.165, 1.54) is 21.5 Å². The molecular weight excluding hydrogens is 438 g/mol. The van der Waals surface area contributed by atoms with E-state index in [2.05, 4.69) is 28.4 Å². The van der Waals surface area contributed by atoms with Gasteiger partial charge in [-0.05, 0) is 75.4 Å². The number of rotatable bonds is 8. The fourth-order valence-corrected chi connectivity index (χ4v) is 6.53. The van der Waals surface area contributed by atoms with Gasteiger partial charge in [0, 0.05) is 24.8 Å². The third-order valence-electron chi connectivity index (χ3n) is 6.47. The van der Waals surface area contributed by atoms with Gasteiger partial charge < -0.3 is 10.1 Å². The van der Waals surface area contributed by atoms with E-state index in [9.17, 15) is 13.2 Å². The first-order chi connectivity index (χ1) is 15.9. The third-order valence-corrected chi connectivity index (χ3v) is 8.39. The molecule has 33 heavy (non-hydrogen) atoms. The fraction of sp³-hybridized carbons (Fsp3) is 0.480. The van der Waals surface area contributed by atoms with Crippen molar-refractivity contribution < 1.29 is 17.9 Å². The fourth-order valence-electron chi connectivity index (χ4n) is 4.85. The smallest absolute Gasteiger partial charge is 0.246 e. The topological polar surface area (TPSA) is 79.0 Å². The molecule has 2 aromatic carbocycles. The minimum Gasteiger partial charge on any atom is -0.492 e. The number of aryl methyl sites for hydroxylation is 1. The maximum atomic E-state index is 13.2. The lowest BCUT2D eigenvalue weighted by Crippen LogP contribution is -2.35. The van der Waals surface area contributed by atoms with E-state index in [4.69, 9.17) is 4.74 Å². The van der Waals surface area contributed by atoms with Crippen molar-refractivity contribution in [3.8, 4) is 5.75 Å². The quantitative estimate of drug-likeness (QED) is 0.633. The van der Waals surface area contributed by atoms with Gasteiger partial charge in [-0.1, -0.05) is 24.3 Å². The van der Waals surface area contributed by atoms with E-state index < -0.39 is 10.0 Å². The Hall–Kier alpha value is -2.42. The second-order valence-electron chi connectivity index (χ2n) is 8.78. The highest BCUT2D eigenvalue weighted by atomic mass is 32.2. The molecule has 0 bridgehead atoms. The number of nitrogens with zero attached hydrogens (tertiary/aromatic N) is 2. The minimum atomic E-state index is -3.68. The van der Waals surface area contributed by atoms with Crippen molar-refractivity contribution in [1.82, 2.24) is 9.21 Å². The molecule has 0 unspecified atom stereocenters. The van der Waals surface area contributed by atoms with Crippen LogP contribution < -0.4 is 10.1 Å². The van der Waals surface area contributed by atoms with Gasteiger partial charge in [0.25, 0.3) is 0 Å². The summed E-state index contributed by atoms with van der Waals surface area (Å²) in [5, 5.41) is 2.89. The van der Waals surface area contributed by atoms with Crippen LogP contribution in [0.2, 0.25) is 0 Å². The summed E-state index contributed by atoms with van der Waals surface area (Å²) in [7, 11) is -1.71. The van der Waals surface area contributed by atoms with Crippen LogP contribution in [0.3, 0.4) is 0 Å². The van der Waals surface area contributed by atoms with Crippen molar-refractivity contribution in [2.24, 2.45) is 0 Å². The van der Waals surface area contributed by atoms with E-state index in [1.54, 1.807) is 12.1 Å². The molecule has 1 amide bonds. The number of sulfonamides is 1. The lowest BCUT2D eigenvalue weighted by atomic mass is 9.87. The van der Waals surface area contributed by atoms with Gasteiger partial charge >= 0.3 is 0 Å². The predicted octanol–water partition coefficient (Wildman–Crippen LogP) is 3.82. The molecule has 7 nitrogen and oxygen atoms in total. The number of fused-ring (bicyclic) bond motifs is 1. The second kappa shape index (κ2) is 10.2. The average molecular weight is 472 g/mol. The van der Waals surface area contributed by atoms with Gasteiger partial charge in [0.1, 0.15) is 10.6 Å². The maximum absolute atomic E-state index is 13.2. The Labute approximate surface area is 196 Å². The molecule has 0 saturated carbocycles. The average Bonchev–Trinajstić information content (AvgIpc) is 3.36. The third kappa shape index (κ3) is 5.23. The number of ether oxygens (including phenoxy) is 1. The number of likely N-dealkylation sites (N-methyl/N-ethyl adjacent to an activating group) is 1. The summed E-state index contributed by atoms with van der Waals surface area (Å²) >= 11 is 0. The molecule has 0 radical (unpaired) electrons. The molecule has 1 N–H and O–H groups in total. The Morgan fingerprint density at radius 2 is 1.91 bits per heavy atom. The zero-order valence-electron chi connectivity index (χ0n) is 19.4. The van der Waals surface area contributed by atoms with Gasteiger partial charge in [-0.25, -0.2) is 8.42 Å².